The van der Waals surface area contributed by atoms with Gasteiger partial charge in [-0.3, -0.25) is 9.59 Å². The minimum Gasteiger partial charge on any atom is -0.481 e. The van der Waals surface area contributed by atoms with E-state index in [0.29, 0.717) is 39.0 Å². The lowest BCUT2D eigenvalue weighted by Crippen LogP contribution is -2.60. The summed E-state index contributed by atoms with van der Waals surface area (Å²) >= 11 is 0. The van der Waals surface area contributed by atoms with Crippen molar-refractivity contribution in [1.82, 2.24) is 10.2 Å². The highest BCUT2D eigenvalue weighted by Gasteiger charge is 2.46. The monoisotopic (exact) mass is 480 g/mol. The van der Waals surface area contributed by atoms with E-state index >= 15 is 0 Å². The highest BCUT2D eigenvalue weighted by atomic mass is 16.6. The zero-order chi connectivity index (χ0) is 24.8. The number of carbonyl (C=O) groups is 3. The number of hydrogen-bond acceptors (Lipinski definition) is 5. The van der Waals surface area contributed by atoms with Gasteiger partial charge in [-0.2, -0.15) is 0 Å². The maximum Gasteiger partial charge on any atom is 0.408 e. The van der Waals surface area contributed by atoms with Gasteiger partial charge in [0.2, 0.25) is 0 Å². The van der Waals surface area contributed by atoms with Crippen molar-refractivity contribution in [3.05, 3.63) is 59.7 Å². The molecule has 0 aromatic heterocycles. The second-order valence-electron chi connectivity index (χ2n) is 9.07. The number of benzene rings is 2. The average molecular weight is 481 g/mol. The van der Waals surface area contributed by atoms with Gasteiger partial charge in [-0.15, -0.1) is 0 Å². The van der Waals surface area contributed by atoms with Crippen LogP contribution in [0.1, 0.15) is 49.7 Å². The van der Waals surface area contributed by atoms with Gasteiger partial charge in [0, 0.05) is 38.5 Å². The van der Waals surface area contributed by atoms with Crippen molar-refractivity contribution in [3.63, 3.8) is 0 Å². The first kappa shape index (κ1) is 24.7. The van der Waals surface area contributed by atoms with Crippen LogP contribution in [0.25, 0.3) is 11.1 Å². The van der Waals surface area contributed by atoms with Gasteiger partial charge < -0.3 is 24.8 Å². The summed E-state index contributed by atoms with van der Waals surface area (Å²) in [5.74, 6) is -1.14. The molecule has 8 heteroatoms. The molecule has 1 unspecified atom stereocenters. The molecule has 1 atom stereocenters. The van der Waals surface area contributed by atoms with E-state index in [9.17, 15) is 14.4 Å². The Bertz CT molecular complexity index is 1030. The Balaban J connectivity index is 1.40. The fourth-order valence-electron chi connectivity index (χ4n) is 5.00. The van der Waals surface area contributed by atoms with Crippen molar-refractivity contribution in [2.75, 3.05) is 32.9 Å². The Labute approximate surface area is 205 Å². The van der Waals surface area contributed by atoms with Gasteiger partial charge in [0.15, 0.2) is 0 Å². The summed E-state index contributed by atoms with van der Waals surface area (Å²) in [4.78, 5) is 38.7. The highest BCUT2D eigenvalue weighted by Crippen LogP contribution is 2.44. The largest absolute Gasteiger partial charge is 0.481 e. The number of likely N-dealkylation sites (N-methyl/N-ethyl adjacent to an activating group) is 1. The minimum absolute atomic E-state index is 0.0675. The quantitative estimate of drug-likeness (QED) is 0.502. The van der Waals surface area contributed by atoms with E-state index in [1.807, 2.05) is 31.2 Å². The van der Waals surface area contributed by atoms with Crippen molar-refractivity contribution in [2.45, 2.75) is 44.1 Å². The summed E-state index contributed by atoms with van der Waals surface area (Å²) in [5, 5.41) is 11.7. The maximum absolute atomic E-state index is 13.4. The average Bonchev–Trinajstić information content (AvgIpc) is 3.46. The Hall–Kier alpha value is -3.39. The Morgan fingerprint density at radius 1 is 1.09 bits per heavy atom. The number of rotatable bonds is 10. The molecule has 1 aliphatic heterocycles. The second-order valence-corrected chi connectivity index (χ2v) is 9.07. The Kier molecular flexibility index (Phi) is 7.70. The zero-order valence-corrected chi connectivity index (χ0v) is 20.0. The lowest BCUT2D eigenvalue weighted by molar-refractivity contribution is -0.138. The summed E-state index contributed by atoms with van der Waals surface area (Å²) in [6, 6.07) is 16.2. The number of hydrogen-bond donors (Lipinski definition) is 2. The molecule has 1 fully saturated rings. The lowest BCUT2D eigenvalue weighted by atomic mass is 9.96. The first-order chi connectivity index (χ1) is 16.9. The molecular weight excluding hydrogens is 448 g/mol. The molecule has 8 nitrogen and oxygen atoms in total. The molecule has 2 aliphatic rings. The second kappa shape index (κ2) is 10.9. The summed E-state index contributed by atoms with van der Waals surface area (Å²) in [5.41, 5.74) is 3.36. The number of amides is 2. The first-order valence-corrected chi connectivity index (χ1v) is 12.2. The van der Waals surface area contributed by atoms with Gasteiger partial charge >= 0.3 is 12.1 Å². The summed E-state index contributed by atoms with van der Waals surface area (Å²) in [6.07, 6.45) is 0.850. The van der Waals surface area contributed by atoms with Crippen LogP contribution in [0.2, 0.25) is 0 Å². The molecule has 0 bridgehead atoms. The van der Waals surface area contributed by atoms with Crippen LogP contribution < -0.4 is 5.32 Å². The predicted octanol–water partition coefficient (Wildman–Crippen LogP) is 3.79. The molecule has 35 heavy (non-hydrogen) atoms. The van der Waals surface area contributed by atoms with Crippen LogP contribution in [-0.4, -0.2) is 66.4 Å². The maximum atomic E-state index is 13.4. The van der Waals surface area contributed by atoms with Crippen LogP contribution in [0.4, 0.5) is 4.79 Å². The van der Waals surface area contributed by atoms with E-state index in [0.717, 1.165) is 22.3 Å². The summed E-state index contributed by atoms with van der Waals surface area (Å²) in [7, 11) is 0. The topological polar surface area (TPSA) is 105 Å². The van der Waals surface area contributed by atoms with Gasteiger partial charge in [-0.05, 0) is 42.0 Å². The van der Waals surface area contributed by atoms with Crippen molar-refractivity contribution in [2.24, 2.45) is 0 Å². The van der Waals surface area contributed by atoms with E-state index in [1.165, 1.54) is 0 Å². The molecule has 2 aromatic rings. The molecule has 2 amide bonds. The Morgan fingerprint density at radius 3 is 2.31 bits per heavy atom. The third-order valence-electron chi connectivity index (χ3n) is 6.85. The number of ether oxygens (including phenoxy) is 2. The number of carboxylic acid groups (broad SMARTS) is 1. The van der Waals surface area contributed by atoms with Crippen molar-refractivity contribution >= 4 is 18.0 Å². The molecule has 1 heterocycles. The normalized spacial score (nSPS) is 18.5. The molecule has 0 saturated carbocycles. The third kappa shape index (κ3) is 5.32. The molecule has 0 spiro atoms. The van der Waals surface area contributed by atoms with Gasteiger partial charge in [-0.25, -0.2) is 4.79 Å². The summed E-state index contributed by atoms with van der Waals surface area (Å²) < 4.78 is 11.2. The lowest BCUT2D eigenvalue weighted by Gasteiger charge is -2.33. The number of aliphatic carboxylic acids is 1. The van der Waals surface area contributed by atoms with Crippen LogP contribution >= 0.6 is 0 Å². The molecule has 2 aromatic carbocycles. The summed E-state index contributed by atoms with van der Waals surface area (Å²) in [6.45, 7) is 3.37. The van der Waals surface area contributed by atoms with Crippen molar-refractivity contribution in [1.29, 1.82) is 0 Å². The van der Waals surface area contributed by atoms with Gasteiger partial charge in [0.1, 0.15) is 12.1 Å². The van der Waals surface area contributed by atoms with Crippen molar-refractivity contribution in [3.8, 4) is 11.1 Å². The standard InChI is InChI=1S/C27H32N2O6/c1-2-29(15-8-7-13-24(30)31)25(32)27(14-16-34-18-27)28-26(33)35-17-23-21-11-5-3-9-19(21)20-10-4-6-12-22(20)23/h3-6,9-12,23H,2,7-8,13-18H2,1H3,(H,28,33)(H,30,31). The smallest absolute Gasteiger partial charge is 0.408 e. The van der Waals surface area contributed by atoms with E-state index < -0.39 is 17.6 Å². The fraction of sp³-hybridized carbons (Fsp3) is 0.444. The molecule has 0 radical (unpaired) electrons. The van der Waals surface area contributed by atoms with Gasteiger partial charge in [-0.1, -0.05) is 48.5 Å². The number of carbonyl (C=O) groups excluding carboxylic acids is 2. The van der Waals surface area contributed by atoms with Crippen LogP contribution in [0, 0.1) is 0 Å². The number of fused-ring (bicyclic) bond motifs is 3. The molecule has 1 aliphatic carbocycles. The molecule has 2 N–H and O–H groups in total. The van der Waals surface area contributed by atoms with E-state index in [-0.39, 0.29) is 31.5 Å². The Morgan fingerprint density at radius 2 is 1.74 bits per heavy atom. The number of nitrogens with zero attached hydrogens (tertiary/aromatic N) is 1. The molecule has 186 valence electrons. The third-order valence-corrected chi connectivity index (χ3v) is 6.85. The van der Waals surface area contributed by atoms with Crippen LogP contribution in [0.3, 0.4) is 0 Å². The highest BCUT2D eigenvalue weighted by molar-refractivity contribution is 5.90. The van der Waals surface area contributed by atoms with Crippen molar-refractivity contribution < 1.29 is 29.0 Å². The van der Waals surface area contributed by atoms with Crippen LogP contribution in [0.5, 0.6) is 0 Å². The fourth-order valence-corrected chi connectivity index (χ4v) is 5.00. The predicted molar refractivity (Wildman–Crippen MR) is 130 cm³/mol. The van der Waals surface area contributed by atoms with E-state index in [2.05, 4.69) is 29.6 Å². The molecular formula is C27H32N2O6. The van der Waals surface area contributed by atoms with E-state index in [1.54, 1.807) is 4.90 Å². The first-order valence-electron chi connectivity index (χ1n) is 12.2. The van der Waals surface area contributed by atoms with Gasteiger partial charge in [0.05, 0.1) is 6.61 Å². The van der Waals surface area contributed by atoms with Crippen LogP contribution in [-0.2, 0) is 19.1 Å². The number of nitrogens with one attached hydrogen (secondary N) is 1. The number of alkyl carbamates (subject to hydrolysis) is 1. The van der Waals surface area contributed by atoms with Crippen LogP contribution in [0.15, 0.2) is 48.5 Å². The zero-order valence-electron chi connectivity index (χ0n) is 20.0. The van der Waals surface area contributed by atoms with Gasteiger partial charge in [0.25, 0.3) is 5.91 Å². The number of unbranched alkanes of at least 4 members (excludes halogenated alkanes) is 1. The minimum atomic E-state index is -1.18. The van der Waals surface area contributed by atoms with E-state index in [4.69, 9.17) is 14.6 Å². The number of carboxylic acids is 1. The SMILES string of the molecule is CCN(CCCCC(=O)O)C(=O)C1(NC(=O)OCC2c3ccccc3-c3ccccc32)CCOC1. The molecule has 1 saturated heterocycles. The molecule has 4 rings (SSSR count).